The van der Waals surface area contributed by atoms with Gasteiger partial charge in [0.1, 0.15) is 0 Å². The van der Waals surface area contributed by atoms with E-state index in [-0.39, 0.29) is 5.91 Å². The smallest absolute Gasteiger partial charge is 0.341 e. The van der Waals surface area contributed by atoms with Crippen LogP contribution in [-0.4, -0.2) is 17.9 Å². The molecule has 2 nitrogen and oxygen atoms in total. The fraction of sp³-hybridized carbons (Fsp3) is 0.562. The van der Waals surface area contributed by atoms with Crippen LogP contribution in [0.2, 0.25) is 0 Å². The summed E-state index contributed by atoms with van der Waals surface area (Å²) in [6, 6.07) is 4.99. The van der Waals surface area contributed by atoms with Gasteiger partial charge in [-0.05, 0) is 36.5 Å². The minimum Gasteiger partial charge on any atom is -0.341 e. The molecule has 0 radical (unpaired) electrons. The van der Waals surface area contributed by atoms with E-state index in [0.29, 0.717) is 24.4 Å². The number of carbonyl (C=O) groups is 1. The maximum atomic E-state index is 12.5. The first-order chi connectivity index (χ1) is 9.86. The Morgan fingerprint density at radius 3 is 2.29 bits per heavy atom. The topological polar surface area (TPSA) is 20.3 Å². The van der Waals surface area contributed by atoms with Gasteiger partial charge in [-0.15, -0.1) is 0 Å². The Hall–Kier alpha value is -1.52. The normalized spacial score (nSPS) is 16.2. The summed E-state index contributed by atoms with van der Waals surface area (Å²) in [6.07, 6.45) is 0.848. The Morgan fingerprint density at radius 2 is 1.76 bits per heavy atom. The Bertz CT molecular complexity index is 475. The van der Waals surface area contributed by atoms with Gasteiger partial charge >= 0.3 is 6.18 Å². The molecule has 0 aliphatic heterocycles. The highest BCUT2D eigenvalue weighted by Crippen LogP contribution is 2.30. The lowest BCUT2D eigenvalue weighted by molar-refractivity contribution is -0.137. The van der Waals surface area contributed by atoms with E-state index in [9.17, 15) is 18.0 Å². The van der Waals surface area contributed by atoms with Crippen LogP contribution in [0.4, 0.5) is 13.2 Å². The molecule has 0 heterocycles. The molecule has 1 amide bonds. The van der Waals surface area contributed by atoms with E-state index in [1.807, 2.05) is 0 Å². The van der Waals surface area contributed by atoms with Gasteiger partial charge in [-0.3, -0.25) is 4.79 Å². The average molecular weight is 299 g/mol. The molecule has 1 aliphatic rings. The van der Waals surface area contributed by atoms with Gasteiger partial charge in [-0.25, -0.2) is 0 Å². The number of benzene rings is 1. The van der Waals surface area contributed by atoms with E-state index in [1.54, 1.807) is 11.9 Å². The van der Waals surface area contributed by atoms with Crippen LogP contribution in [-0.2, 0) is 17.5 Å². The van der Waals surface area contributed by atoms with E-state index in [1.165, 1.54) is 25.0 Å². The summed E-state index contributed by atoms with van der Waals surface area (Å²) < 4.78 is 37.4. The lowest BCUT2D eigenvalue weighted by Crippen LogP contribution is -2.27. The highest BCUT2D eigenvalue weighted by molar-refractivity contribution is 5.76. The fourth-order valence-electron chi connectivity index (χ4n) is 2.78. The minimum atomic E-state index is -4.32. The first-order valence-corrected chi connectivity index (χ1v) is 7.26. The van der Waals surface area contributed by atoms with Crippen LogP contribution in [0.5, 0.6) is 0 Å². The molecular formula is C16H20F3NO. The molecule has 0 atom stereocenters. The molecule has 0 spiro atoms. The third-order valence-corrected chi connectivity index (χ3v) is 4.06. The number of hydrogen-bond acceptors (Lipinski definition) is 1. The molecule has 21 heavy (non-hydrogen) atoms. The van der Waals surface area contributed by atoms with Gasteiger partial charge < -0.3 is 4.90 Å². The van der Waals surface area contributed by atoms with Crippen LogP contribution >= 0.6 is 0 Å². The largest absolute Gasteiger partial charge is 0.416 e. The molecule has 0 saturated heterocycles. The monoisotopic (exact) mass is 299 g/mol. The molecule has 0 unspecified atom stereocenters. The first-order valence-electron chi connectivity index (χ1n) is 7.26. The molecule has 1 aromatic carbocycles. The Morgan fingerprint density at radius 1 is 1.19 bits per heavy atom. The number of alkyl halides is 3. The highest BCUT2D eigenvalue weighted by atomic mass is 19.4. The van der Waals surface area contributed by atoms with Gasteiger partial charge in [0.25, 0.3) is 0 Å². The van der Waals surface area contributed by atoms with Crippen LogP contribution in [0.15, 0.2) is 24.3 Å². The maximum Gasteiger partial charge on any atom is 0.416 e. The molecule has 1 aliphatic carbocycles. The van der Waals surface area contributed by atoms with Gasteiger partial charge in [-0.1, -0.05) is 25.0 Å². The second-order valence-corrected chi connectivity index (χ2v) is 5.80. The maximum absolute atomic E-state index is 12.5. The van der Waals surface area contributed by atoms with E-state index in [0.717, 1.165) is 25.0 Å². The van der Waals surface area contributed by atoms with Crippen molar-refractivity contribution in [1.29, 1.82) is 0 Å². The summed E-state index contributed by atoms with van der Waals surface area (Å²) >= 11 is 0. The first kappa shape index (κ1) is 15.9. The van der Waals surface area contributed by atoms with Crippen molar-refractivity contribution >= 4 is 5.91 Å². The SMILES string of the molecule is CN(Cc1ccc(C(F)(F)F)cc1)C(=O)CC1CCCC1. The molecule has 1 saturated carbocycles. The van der Waals surface area contributed by atoms with E-state index in [4.69, 9.17) is 0 Å². The highest BCUT2D eigenvalue weighted by Gasteiger charge is 2.30. The average Bonchev–Trinajstić information content (AvgIpc) is 2.91. The Labute approximate surface area is 122 Å². The molecule has 5 heteroatoms. The van der Waals surface area contributed by atoms with E-state index in [2.05, 4.69) is 0 Å². The number of amides is 1. The van der Waals surface area contributed by atoms with Crippen molar-refractivity contribution in [1.82, 2.24) is 4.90 Å². The van der Waals surface area contributed by atoms with E-state index < -0.39 is 11.7 Å². The van der Waals surface area contributed by atoms with Crippen molar-refractivity contribution in [3.8, 4) is 0 Å². The van der Waals surface area contributed by atoms with Crippen molar-refractivity contribution in [3.05, 3.63) is 35.4 Å². The predicted octanol–water partition coefficient (Wildman–Crippen LogP) is 4.24. The molecule has 0 aromatic heterocycles. The molecular weight excluding hydrogens is 279 g/mol. The van der Waals surface area contributed by atoms with E-state index >= 15 is 0 Å². The van der Waals surface area contributed by atoms with Crippen LogP contribution in [0, 0.1) is 5.92 Å². The van der Waals surface area contributed by atoms with Gasteiger partial charge in [-0.2, -0.15) is 13.2 Å². The third kappa shape index (κ3) is 4.48. The summed E-state index contributed by atoms with van der Waals surface area (Å²) in [5.41, 5.74) is 0.0523. The van der Waals surface area contributed by atoms with Gasteiger partial charge in [0.05, 0.1) is 5.56 Å². The van der Waals surface area contributed by atoms with Crippen LogP contribution < -0.4 is 0 Å². The summed E-state index contributed by atoms with van der Waals surface area (Å²) in [5, 5.41) is 0. The lowest BCUT2D eigenvalue weighted by Gasteiger charge is -2.19. The second kappa shape index (κ2) is 6.50. The lowest BCUT2D eigenvalue weighted by atomic mass is 10.0. The molecule has 1 fully saturated rings. The second-order valence-electron chi connectivity index (χ2n) is 5.80. The molecule has 1 aromatic rings. The Kier molecular flexibility index (Phi) is 4.91. The van der Waals surface area contributed by atoms with Crippen molar-refractivity contribution in [2.45, 2.75) is 44.8 Å². The Balaban J connectivity index is 1.89. The summed E-state index contributed by atoms with van der Waals surface area (Å²) in [6.45, 7) is 0.351. The summed E-state index contributed by atoms with van der Waals surface area (Å²) in [7, 11) is 1.70. The summed E-state index contributed by atoms with van der Waals surface area (Å²) in [5.74, 6) is 0.550. The zero-order chi connectivity index (χ0) is 15.5. The quantitative estimate of drug-likeness (QED) is 0.814. The fourth-order valence-corrected chi connectivity index (χ4v) is 2.78. The van der Waals surface area contributed by atoms with Gasteiger partial charge in [0.15, 0.2) is 0 Å². The number of rotatable bonds is 4. The van der Waals surface area contributed by atoms with Crippen LogP contribution in [0.1, 0.15) is 43.2 Å². The van der Waals surface area contributed by atoms with Crippen molar-refractivity contribution in [3.63, 3.8) is 0 Å². The van der Waals surface area contributed by atoms with Crippen LogP contribution in [0.25, 0.3) is 0 Å². The molecule has 0 N–H and O–H groups in total. The third-order valence-electron chi connectivity index (χ3n) is 4.06. The molecule has 2 rings (SSSR count). The minimum absolute atomic E-state index is 0.0711. The van der Waals surface area contributed by atoms with Crippen molar-refractivity contribution < 1.29 is 18.0 Å². The molecule has 0 bridgehead atoms. The van der Waals surface area contributed by atoms with Crippen molar-refractivity contribution in [2.24, 2.45) is 5.92 Å². The predicted molar refractivity (Wildman–Crippen MR) is 74.5 cm³/mol. The van der Waals surface area contributed by atoms with Crippen LogP contribution in [0.3, 0.4) is 0 Å². The van der Waals surface area contributed by atoms with Gasteiger partial charge in [0.2, 0.25) is 5.91 Å². The van der Waals surface area contributed by atoms with Crippen molar-refractivity contribution in [2.75, 3.05) is 7.05 Å². The zero-order valence-corrected chi connectivity index (χ0v) is 12.1. The van der Waals surface area contributed by atoms with Gasteiger partial charge in [0, 0.05) is 20.0 Å². The standard InChI is InChI=1S/C16H20F3NO/c1-20(15(21)10-12-4-2-3-5-12)11-13-6-8-14(9-7-13)16(17,18)19/h6-9,12H,2-5,10-11H2,1H3. The summed E-state index contributed by atoms with van der Waals surface area (Å²) in [4.78, 5) is 13.7. The number of hydrogen-bond donors (Lipinski definition) is 0. The number of nitrogens with zero attached hydrogens (tertiary/aromatic N) is 1. The number of carbonyl (C=O) groups excluding carboxylic acids is 1. The molecule has 116 valence electrons. The number of halogens is 3. The zero-order valence-electron chi connectivity index (χ0n) is 12.1.